The smallest absolute Gasteiger partial charge is 0.147 e. The van der Waals surface area contributed by atoms with Crippen LogP contribution in [0.4, 0.5) is 16.0 Å². The molecule has 31 heavy (non-hydrogen) atoms. The van der Waals surface area contributed by atoms with Crippen LogP contribution in [-0.2, 0) is 0 Å². The Kier molecular flexibility index (Phi) is 4.22. The van der Waals surface area contributed by atoms with Crippen LogP contribution in [0.2, 0.25) is 0 Å². The molecular formula is C23H22FN7. The fraction of sp³-hybridized carbons (Fsp3) is 0.261. The van der Waals surface area contributed by atoms with Gasteiger partial charge in [0.15, 0.2) is 0 Å². The molecule has 3 aromatic rings. The van der Waals surface area contributed by atoms with Gasteiger partial charge in [-0.1, -0.05) is 18.2 Å². The van der Waals surface area contributed by atoms with Crippen molar-refractivity contribution in [1.82, 2.24) is 24.6 Å². The summed E-state index contributed by atoms with van der Waals surface area (Å²) in [5, 5.41) is 8.40. The first-order valence-electron chi connectivity index (χ1n) is 10.6. The topological polar surface area (TPSA) is 62.1 Å². The summed E-state index contributed by atoms with van der Waals surface area (Å²) in [4.78, 5) is 13.3. The average molecular weight is 415 g/mol. The van der Waals surface area contributed by atoms with Crippen LogP contribution in [0.25, 0.3) is 17.1 Å². The van der Waals surface area contributed by atoms with Crippen molar-refractivity contribution < 1.29 is 4.39 Å². The molecule has 4 heterocycles. The van der Waals surface area contributed by atoms with Gasteiger partial charge >= 0.3 is 0 Å². The molecule has 0 saturated carbocycles. The van der Waals surface area contributed by atoms with Crippen LogP contribution in [0, 0.1) is 5.82 Å². The Morgan fingerprint density at radius 3 is 2.68 bits per heavy atom. The molecule has 1 aromatic carbocycles. The lowest BCUT2D eigenvalue weighted by atomic mass is 10.1. The van der Waals surface area contributed by atoms with Gasteiger partial charge in [0.25, 0.3) is 0 Å². The minimum absolute atomic E-state index is 0.255. The van der Waals surface area contributed by atoms with Crippen LogP contribution >= 0.6 is 0 Å². The van der Waals surface area contributed by atoms with Crippen molar-refractivity contribution in [3.05, 3.63) is 72.1 Å². The van der Waals surface area contributed by atoms with Gasteiger partial charge in [0.05, 0.1) is 11.9 Å². The maximum Gasteiger partial charge on any atom is 0.147 e. The molecule has 0 unspecified atom stereocenters. The van der Waals surface area contributed by atoms with Crippen LogP contribution in [-0.4, -0.2) is 50.8 Å². The summed E-state index contributed by atoms with van der Waals surface area (Å²) in [6.45, 7) is 3.49. The van der Waals surface area contributed by atoms with Crippen LogP contribution in [0.3, 0.4) is 0 Å². The SMILES string of the molecule is Fc1cccc(-c2cc3n(n2)C(N2CCN(c4cnccn4)CC2)=C2CCC=C2N3)c1. The first-order valence-corrected chi connectivity index (χ1v) is 10.6. The zero-order valence-electron chi connectivity index (χ0n) is 17.0. The summed E-state index contributed by atoms with van der Waals surface area (Å²) < 4.78 is 15.8. The number of hydrogen-bond donors (Lipinski definition) is 1. The fourth-order valence-corrected chi connectivity index (χ4v) is 4.59. The van der Waals surface area contributed by atoms with Crippen molar-refractivity contribution in [2.75, 3.05) is 36.4 Å². The van der Waals surface area contributed by atoms with Gasteiger partial charge in [-0.2, -0.15) is 5.10 Å². The Labute approximate surface area is 179 Å². The number of anilines is 2. The number of nitrogens with zero attached hydrogens (tertiary/aromatic N) is 6. The third-order valence-electron chi connectivity index (χ3n) is 6.08. The molecule has 7 nitrogen and oxygen atoms in total. The summed E-state index contributed by atoms with van der Waals surface area (Å²) in [5.41, 5.74) is 4.01. The van der Waals surface area contributed by atoms with E-state index in [1.165, 1.54) is 23.4 Å². The van der Waals surface area contributed by atoms with Crippen LogP contribution < -0.4 is 10.2 Å². The van der Waals surface area contributed by atoms with Gasteiger partial charge in [0.1, 0.15) is 23.3 Å². The molecular weight excluding hydrogens is 393 g/mol. The predicted octanol–water partition coefficient (Wildman–Crippen LogP) is 3.57. The van der Waals surface area contributed by atoms with E-state index in [4.69, 9.17) is 5.10 Å². The maximum absolute atomic E-state index is 13.8. The van der Waals surface area contributed by atoms with Gasteiger partial charge in [-0.05, 0) is 25.0 Å². The van der Waals surface area contributed by atoms with E-state index in [0.29, 0.717) is 0 Å². The van der Waals surface area contributed by atoms with E-state index < -0.39 is 0 Å². The van der Waals surface area contributed by atoms with Crippen molar-refractivity contribution >= 4 is 17.5 Å². The molecule has 2 aromatic heterocycles. The van der Waals surface area contributed by atoms with Crippen LogP contribution in [0.15, 0.2) is 66.3 Å². The average Bonchev–Trinajstić information content (AvgIpc) is 3.45. The summed E-state index contributed by atoms with van der Waals surface area (Å²) in [6, 6.07) is 8.60. The van der Waals surface area contributed by atoms with Crippen molar-refractivity contribution in [2.24, 2.45) is 0 Å². The highest BCUT2D eigenvalue weighted by atomic mass is 19.1. The summed E-state index contributed by atoms with van der Waals surface area (Å²) in [6.07, 6.45) is 9.53. The molecule has 0 atom stereocenters. The number of piperazine rings is 1. The van der Waals surface area contributed by atoms with E-state index in [2.05, 4.69) is 31.2 Å². The Hall–Kier alpha value is -3.68. The zero-order valence-corrected chi connectivity index (χ0v) is 17.0. The van der Waals surface area contributed by atoms with E-state index >= 15 is 0 Å². The van der Waals surface area contributed by atoms with Gasteiger partial charge in [0.2, 0.25) is 0 Å². The van der Waals surface area contributed by atoms with Gasteiger partial charge in [0, 0.05) is 61.5 Å². The number of rotatable bonds is 3. The molecule has 0 amide bonds. The fourth-order valence-electron chi connectivity index (χ4n) is 4.59. The van der Waals surface area contributed by atoms with E-state index in [9.17, 15) is 4.39 Å². The summed E-state index contributed by atoms with van der Waals surface area (Å²) in [7, 11) is 0. The van der Waals surface area contributed by atoms with E-state index in [0.717, 1.165) is 67.7 Å². The molecule has 3 aliphatic rings. The predicted molar refractivity (Wildman–Crippen MR) is 118 cm³/mol. The molecule has 2 aliphatic heterocycles. The second-order valence-electron chi connectivity index (χ2n) is 7.96. The summed E-state index contributed by atoms with van der Waals surface area (Å²) in [5.74, 6) is 2.72. The number of hydrogen-bond acceptors (Lipinski definition) is 6. The lowest BCUT2D eigenvalue weighted by Crippen LogP contribution is -2.47. The number of benzene rings is 1. The second kappa shape index (κ2) is 7.23. The number of aromatic nitrogens is 4. The Bertz CT molecular complexity index is 1190. The first-order chi connectivity index (χ1) is 15.3. The molecule has 0 bridgehead atoms. The molecule has 1 saturated heterocycles. The third kappa shape index (κ3) is 3.15. The van der Waals surface area contributed by atoms with E-state index in [-0.39, 0.29) is 5.82 Å². The molecule has 1 aliphatic carbocycles. The Morgan fingerprint density at radius 1 is 1.00 bits per heavy atom. The van der Waals surface area contributed by atoms with Gasteiger partial charge < -0.3 is 15.1 Å². The van der Waals surface area contributed by atoms with Crippen molar-refractivity contribution in [2.45, 2.75) is 12.8 Å². The first kappa shape index (κ1) is 18.1. The molecule has 156 valence electrons. The molecule has 6 rings (SSSR count). The second-order valence-corrected chi connectivity index (χ2v) is 7.96. The van der Waals surface area contributed by atoms with Crippen molar-refractivity contribution in [3.8, 4) is 11.3 Å². The molecule has 0 radical (unpaired) electrons. The minimum Gasteiger partial charge on any atom is -0.353 e. The zero-order chi connectivity index (χ0) is 20.8. The molecule has 8 heteroatoms. The van der Waals surface area contributed by atoms with Gasteiger partial charge in [-0.15, -0.1) is 0 Å². The standard InChI is InChI=1S/C23H22FN7/c24-17-4-1-3-16(13-17)20-14-21-27-19-6-2-5-18(19)23(31(21)28-20)30-11-9-29(10-12-30)22-15-25-7-8-26-22/h1,3-4,6-8,13-15,27H,2,5,9-12H2. The number of fused-ring (bicyclic) bond motifs is 2. The van der Waals surface area contributed by atoms with E-state index in [1.807, 2.05) is 23.0 Å². The third-order valence-corrected chi connectivity index (χ3v) is 6.08. The van der Waals surface area contributed by atoms with Crippen molar-refractivity contribution in [3.63, 3.8) is 0 Å². The lowest BCUT2D eigenvalue weighted by molar-refractivity contribution is 0.344. The monoisotopic (exact) mass is 415 g/mol. The number of allylic oxidation sites excluding steroid dienone is 2. The molecule has 1 fully saturated rings. The highest BCUT2D eigenvalue weighted by Gasteiger charge is 2.32. The number of halogens is 1. The Balaban J connectivity index is 1.33. The normalized spacial score (nSPS) is 17.9. The lowest BCUT2D eigenvalue weighted by Gasteiger charge is -2.39. The van der Waals surface area contributed by atoms with E-state index in [1.54, 1.807) is 18.5 Å². The largest absolute Gasteiger partial charge is 0.353 e. The van der Waals surface area contributed by atoms with Crippen molar-refractivity contribution in [1.29, 1.82) is 0 Å². The quantitative estimate of drug-likeness (QED) is 0.706. The van der Waals surface area contributed by atoms with Crippen LogP contribution in [0.1, 0.15) is 12.8 Å². The molecule has 1 N–H and O–H groups in total. The Morgan fingerprint density at radius 2 is 1.87 bits per heavy atom. The van der Waals surface area contributed by atoms with Crippen LogP contribution in [0.5, 0.6) is 0 Å². The minimum atomic E-state index is -0.255. The van der Waals surface area contributed by atoms with Gasteiger partial charge in [-0.3, -0.25) is 4.98 Å². The highest BCUT2D eigenvalue weighted by molar-refractivity contribution is 5.75. The van der Waals surface area contributed by atoms with Gasteiger partial charge in [-0.25, -0.2) is 14.1 Å². The number of nitrogens with one attached hydrogen (secondary N) is 1. The summed E-state index contributed by atoms with van der Waals surface area (Å²) >= 11 is 0. The highest BCUT2D eigenvalue weighted by Crippen LogP contribution is 2.39. The molecule has 0 spiro atoms. The maximum atomic E-state index is 13.8.